The summed E-state index contributed by atoms with van der Waals surface area (Å²) in [5.74, 6) is 0.743. The first kappa shape index (κ1) is 10.6. The summed E-state index contributed by atoms with van der Waals surface area (Å²) in [6, 6.07) is 0. The molecule has 1 aliphatic rings. The minimum atomic E-state index is 0.0362. The van der Waals surface area contributed by atoms with Gasteiger partial charge in [0.15, 0.2) is 0 Å². The van der Waals surface area contributed by atoms with Crippen LogP contribution in [0.15, 0.2) is 0 Å². The molecule has 0 radical (unpaired) electrons. The molecule has 2 atom stereocenters. The van der Waals surface area contributed by atoms with E-state index in [2.05, 4.69) is 6.92 Å². The summed E-state index contributed by atoms with van der Waals surface area (Å²) in [4.78, 5) is 11.5. The standard InChI is InChI=1S/C11H20O2/c1-3-8-13-11(12)10-7-5-4-6-9(10)2/h9-10H,3-8H2,1-2H3/t9-,10?/m0/s1. The average Bonchev–Trinajstić information content (AvgIpc) is 2.15. The molecule has 0 aromatic rings. The molecule has 1 saturated carbocycles. The molecule has 0 N–H and O–H groups in total. The van der Waals surface area contributed by atoms with E-state index in [4.69, 9.17) is 4.74 Å². The summed E-state index contributed by atoms with van der Waals surface area (Å²) in [6.07, 6.45) is 5.61. The second-order valence-corrected chi connectivity index (χ2v) is 4.04. The molecule has 0 spiro atoms. The average molecular weight is 184 g/mol. The van der Waals surface area contributed by atoms with Gasteiger partial charge < -0.3 is 4.74 Å². The summed E-state index contributed by atoms with van der Waals surface area (Å²) in [6.45, 7) is 4.77. The highest BCUT2D eigenvalue weighted by Gasteiger charge is 2.28. The predicted molar refractivity (Wildman–Crippen MR) is 52.4 cm³/mol. The molecular formula is C11H20O2. The molecule has 0 aromatic heterocycles. The SMILES string of the molecule is CCCOC(=O)C1CCCC[C@@H]1C. The lowest BCUT2D eigenvalue weighted by Crippen LogP contribution is -2.27. The minimum absolute atomic E-state index is 0.0362. The predicted octanol–water partition coefficient (Wildman–Crippen LogP) is 2.77. The maximum atomic E-state index is 11.5. The first-order valence-electron chi connectivity index (χ1n) is 5.42. The molecular weight excluding hydrogens is 164 g/mol. The van der Waals surface area contributed by atoms with Gasteiger partial charge in [0.1, 0.15) is 0 Å². The van der Waals surface area contributed by atoms with Crippen molar-refractivity contribution in [2.24, 2.45) is 11.8 Å². The zero-order valence-corrected chi connectivity index (χ0v) is 8.71. The van der Waals surface area contributed by atoms with Gasteiger partial charge >= 0.3 is 5.97 Å². The van der Waals surface area contributed by atoms with E-state index in [9.17, 15) is 4.79 Å². The van der Waals surface area contributed by atoms with Crippen molar-refractivity contribution in [3.8, 4) is 0 Å². The van der Waals surface area contributed by atoms with E-state index in [1.807, 2.05) is 6.92 Å². The monoisotopic (exact) mass is 184 g/mol. The maximum absolute atomic E-state index is 11.5. The molecule has 2 nitrogen and oxygen atoms in total. The van der Waals surface area contributed by atoms with Crippen molar-refractivity contribution in [2.45, 2.75) is 46.0 Å². The molecule has 1 fully saturated rings. The first-order chi connectivity index (χ1) is 6.25. The van der Waals surface area contributed by atoms with Crippen LogP contribution in [0.4, 0.5) is 0 Å². The Morgan fingerprint density at radius 3 is 2.69 bits per heavy atom. The second-order valence-electron chi connectivity index (χ2n) is 4.04. The molecule has 76 valence electrons. The molecule has 0 bridgehead atoms. The maximum Gasteiger partial charge on any atom is 0.309 e. The van der Waals surface area contributed by atoms with Crippen molar-refractivity contribution in [1.29, 1.82) is 0 Å². The summed E-state index contributed by atoms with van der Waals surface area (Å²) in [5.41, 5.74) is 0. The largest absolute Gasteiger partial charge is 0.465 e. The highest BCUT2D eigenvalue weighted by atomic mass is 16.5. The van der Waals surface area contributed by atoms with Gasteiger partial charge in [0, 0.05) is 0 Å². The van der Waals surface area contributed by atoms with Gasteiger partial charge in [0.05, 0.1) is 12.5 Å². The van der Waals surface area contributed by atoms with Crippen molar-refractivity contribution in [1.82, 2.24) is 0 Å². The van der Waals surface area contributed by atoms with Crippen molar-refractivity contribution in [2.75, 3.05) is 6.61 Å². The number of carbonyl (C=O) groups is 1. The highest BCUT2D eigenvalue weighted by molar-refractivity contribution is 5.72. The van der Waals surface area contributed by atoms with Crippen LogP contribution >= 0.6 is 0 Å². The van der Waals surface area contributed by atoms with Crippen LogP contribution in [-0.2, 0) is 9.53 Å². The summed E-state index contributed by atoms with van der Waals surface area (Å²) < 4.78 is 5.16. The molecule has 1 unspecified atom stereocenters. The van der Waals surface area contributed by atoms with E-state index in [1.165, 1.54) is 19.3 Å². The van der Waals surface area contributed by atoms with Gasteiger partial charge in [0.2, 0.25) is 0 Å². The van der Waals surface area contributed by atoms with Gasteiger partial charge in [-0.3, -0.25) is 4.79 Å². The Hall–Kier alpha value is -0.530. The molecule has 0 amide bonds. The molecule has 0 aliphatic heterocycles. The normalized spacial score (nSPS) is 28.5. The third-order valence-corrected chi connectivity index (χ3v) is 2.86. The molecule has 1 rings (SSSR count). The second kappa shape index (κ2) is 5.25. The van der Waals surface area contributed by atoms with Gasteiger partial charge in [0.25, 0.3) is 0 Å². The van der Waals surface area contributed by atoms with Crippen molar-refractivity contribution in [3.05, 3.63) is 0 Å². The number of carbonyl (C=O) groups excluding carboxylic acids is 1. The summed E-state index contributed by atoms with van der Waals surface area (Å²) in [7, 11) is 0. The van der Waals surface area contributed by atoms with Gasteiger partial charge in [-0.15, -0.1) is 0 Å². The van der Waals surface area contributed by atoms with Crippen LogP contribution in [0.25, 0.3) is 0 Å². The van der Waals surface area contributed by atoms with Crippen LogP contribution in [-0.4, -0.2) is 12.6 Å². The number of esters is 1. The fourth-order valence-corrected chi connectivity index (χ4v) is 1.98. The third kappa shape index (κ3) is 3.02. The van der Waals surface area contributed by atoms with E-state index >= 15 is 0 Å². The summed E-state index contributed by atoms with van der Waals surface area (Å²) >= 11 is 0. The van der Waals surface area contributed by atoms with Crippen LogP contribution < -0.4 is 0 Å². The van der Waals surface area contributed by atoms with Crippen LogP contribution in [0.3, 0.4) is 0 Å². The van der Waals surface area contributed by atoms with E-state index in [1.54, 1.807) is 0 Å². The van der Waals surface area contributed by atoms with E-state index in [0.717, 1.165) is 12.8 Å². The van der Waals surface area contributed by atoms with E-state index in [-0.39, 0.29) is 11.9 Å². The topological polar surface area (TPSA) is 26.3 Å². The van der Waals surface area contributed by atoms with Gasteiger partial charge in [-0.1, -0.05) is 26.7 Å². The van der Waals surface area contributed by atoms with Crippen molar-refractivity contribution < 1.29 is 9.53 Å². The third-order valence-electron chi connectivity index (χ3n) is 2.86. The molecule has 13 heavy (non-hydrogen) atoms. The molecule has 2 heteroatoms. The number of hydrogen-bond donors (Lipinski definition) is 0. The Bertz CT molecular complexity index is 165. The fourth-order valence-electron chi connectivity index (χ4n) is 1.98. The zero-order chi connectivity index (χ0) is 9.68. The number of rotatable bonds is 3. The Balaban J connectivity index is 2.35. The first-order valence-corrected chi connectivity index (χ1v) is 5.42. The van der Waals surface area contributed by atoms with Gasteiger partial charge in [-0.2, -0.15) is 0 Å². The highest BCUT2D eigenvalue weighted by Crippen LogP contribution is 2.30. The van der Waals surface area contributed by atoms with Gasteiger partial charge in [-0.25, -0.2) is 0 Å². The number of hydrogen-bond acceptors (Lipinski definition) is 2. The molecule has 0 saturated heterocycles. The number of ether oxygens (including phenoxy) is 1. The van der Waals surface area contributed by atoms with Crippen LogP contribution in [0.5, 0.6) is 0 Å². The Kier molecular flexibility index (Phi) is 4.26. The van der Waals surface area contributed by atoms with Crippen molar-refractivity contribution in [3.63, 3.8) is 0 Å². The quantitative estimate of drug-likeness (QED) is 0.630. The zero-order valence-electron chi connectivity index (χ0n) is 8.71. The lowest BCUT2D eigenvalue weighted by Gasteiger charge is -2.26. The molecule has 1 aliphatic carbocycles. The Morgan fingerprint density at radius 2 is 2.08 bits per heavy atom. The van der Waals surface area contributed by atoms with Crippen LogP contribution in [0.1, 0.15) is 46.0 Å². The Labute approximate surface area is 80.7 Å². The molecule has 0 aromatic carbocycles. The smallest absolute Gasteiger partial charge is 0.309 e. The van der Waals surface area contributed by atoms with Crippen molar-refractivity contribution >= 4 is 5.97 Å². The summed E-state index contributed by atoms with van der Waals surface area (Å²) in [5, 5.41) is 0. The molecule has 0 heterocycles. The van der Waals surface area contributed by atoms with Crippen LogP contribution in [0.2, 0.25) is 0 Å². The lowest BCUT2D eigenvalue weighted by atomic mass is 9.80. The van der Waals surface area contributed by atoms with E-state index in [0.29, 0.717) is 12.5 Å². The van der Waals surface area contributed by atoms with Gasteiger partial charge in [-0.05, 0) is 25.2 Å². The van der Waals surface area contributed by atoms with E-state index < -0.39 is 0 Å². The Morgan fingerprint density at radius 1 is 1.38 bits per heavy atom. The lowest BCUT2D eigenvalue weighted by molar-refractivity contribution is -0.151. The fraction of sp³-hybridized carbons (Fsp3) is 0.909. The van der Waals surface area contributed by atoms with Crippen LogP contribution in [0, 0.1) is 11.8 Å². The minimum Gasteiger partial charge on any atom is -0.465 e.